The van der Waals surface area contributed by atoms with Gasteiger partial charge in [0.05, 0.1) is 28.9 Å². The van der Waals surface area contributed by atoms with Gasteiger partial charge in [-0.3, -0.25) is 4.79 Å². The molecule has 1 aliphatic heterocycles. The number of nitrogens with zero attached hydrogens (tertiary/aromatic N) is 2. The lowest BCUT2D eigenvalue weighted by Crippen LogP contribution is -2.31. The maximum atomic E-state index is 13.2. The molecule has 1 amide bonds. The van der Waals surface area contributed by atoms with Gasteiger partial charge in [-0.2, -0.15) is 0 Å². The SMILES string of the molecule is Cc1ccc2c(CC(=O)N3CCC[C@@H]3c3nc4ccccc4s3)coc2c1C. The van der Waals surface area contributed by atoms with Crippen LogP contribution in [0.5, 0.6) is 0 Å². The lowest BCUT2D eigenvalue weighted by molar-refractivity contribution is -0.131. The number of rotatable bonds is 3. The molecule has 28 heavy (non-hydrogen) atoms. The number of thiazole rings is 1. The molecule has 4 aromatic rings. The lowest BCUT2D eigenvalue weighted by Gasteiger charge is -2.23. The Balaban J connectivity index is 1.42. The molecule has 1 atom stereocenters. The van der Waals surface area contributed by atoms with Crippen molar-refractivity contribution in [3.63, 3.8) is 0 Å². The Morgan fingerprint density at radius 2 is 2.11 bits per heavy atom. The van der Waals surface area contributed by atoms with Crippen LogP contribution in [0.2, 0.25) is 0 Å². The summed E-state index contributed by atoms with van der Waals surface area (Å²) >= 11 is 1.71. The van der Waals surface area contributed by atoms with Crippen LogP contribution in [-0.4, -0.2) is 22.3 Å². The largest absolute Gasteiger partial charge is 0.464 e. The number of aryl methyl sites for hydroxylation is 2. The summed E-state index contributed by atoms with van der Waals surface area (Å²) < 4.78 is 6.98. The van der Waals surface area contributed by atoms with Crippen LogP contribution >= 0.6 is 11.3 Å². The van der Waals surface area contributed by atoms with Gasteiger partial charge in [0.1, 0.15) is 10.6 Å². The molecule has 5 heteroatoms. The zero-order valence-electron chi connectivity index (χ0n) is 16.1. The summed E-state index contributed by atoms with van der Waals surface area (Å²) in [5.74, 6) is 0.155. The summed E-state index contributed by atoms with van der Waals surface area (Å²) in [6.45, 7) is 4.94. The summed E-state index contributed by atoms with van der Waals surface area (Å²) in [5, 5.41) is 2.10. The molecule has 3 heterocycles. The van der Waals surface area contributed by atoms with Crippen LogP contribution in [0.15, 0.2) is 47.1 Å². The van der Waals surface area contributed by atoms with Gasteiger partial charge in [-0.05, 0) is 49.9 Å². The first kappa shape index (κ1) is 17.4. The van der Waals surface area contributed by atoms with Crippen molar-refractivity contribution in [3.05, 3.63) is 64.4 Å². The van der Waals surface area contributed by atoms with Crippen molar-refractivity contribution in [3.8, 4) is 0 Å². The van der Waals surface area contributed by atoms with Gasteiger partial charge in [-0.1, -0.05) is 24.3 Å². The second-order valence-electron chi connectivity index (χ2n) is 7.59. The molecular formula is C23H22N2O2S. The van der Waals surface area contributed by atoms with E-state index in [0.29, 0.717) is 6.42 Å². The molecule has 2 aromatic heterocycles. The quantitative estimate of drug-likeness (QED) is 0.460. The first-order valence-electron chi connectivity index (χ1n) is 9.73. The molecule has 1 fully saturated rings. The highest BCUT2D eigenvalue weighted by atomic mass is 32.1. The van der Waals surface area contributed by atoms with Crippen LogP contribution in [-0.2, 0) is 11.2 Å². The molecule has 142 valence electrons. The summed E-state index contributed by atoms with van der Waals surface area (Å²) in [6.07, 6.45) is 4.13. The molecule has 1 aliphatic rings. The normalized spacial score (nSPS) is 17.1. The minimum Gasteiger partial charge on any atom is -0.464 e. The van der Waals surface area contributed by atoms with Gasteiger partial charge in [0.2, 0.25) is 5.91 Å². The average Bonchev–Trinajstić information content (AvgIpc) is 3.42. The van der Waals surface area contributed by atoms with Crippen LogP contribution in [0, 0.1) is 13.8 Å². The Kier molecular flexibility index (Phi) is 4.20. The van der Waals surface area contributed by atoms with E-state index in [9.17, 15) is 4.79 Å². The van der Waals surface area contributed by atoms with E-state index in [-0.39, 0.29) is 11.9 Å². The number of carbonyl (C=O) groups excluding carboxylic acids is 1. The smallest absolute Gasteiger partial charge is 0.227 e. The molecule has 5 rings (SSSR count). The Labute approximate surface area is 167 Å². The summed E-state index contributed by atoms with van der Waals surface area (Å²) in [6, 6.07) is 12.4. The second kappa shape index (κ2) is 6.74. The standard InChI is InChI=1S/C23H22N2O2S/c1-14-9-10-17-16(13-27-22(17)15(14)2)12-21(26)25-11-5-7-19(25)23-24-18-6-3-4-8-20(18)28-23/h3-4,6,8-10,13,19H,5,7,11-12H2,1-2H3/t19-/m1/s1. The van der Waals surface area contributed by atoms with Gasteiger partial charge >= 0.3 is 0 Å². The van der Waals surface area contributed by atoms with Crippen molar-refractivity contribution in [1.82, 2.24) is 9.88 Å². The van der Waals surface area contributed by atoms with Crippen LogP contribution in [0.25, 0.3) is 21.2 Å². The van der Waals surface area contributed by atoms with E-state index in [1.165, 1.54) is 10.3 Å². The van der Waals surface area contributed by atoms with Gasteiger partial charge in [0.25, 0.3) is 0 Å². The minimum absolute atomic E-state index is 0.0899. The number of fused-ring (bicyclic) bond motifs is 2. The number of furan rings is 1. The van der Waals surface area contributed by atoms with Crippen LogP contribution in [0.1, 0.15) is 40.6 Å². The van der Waals surface area contributed by atoms with Crippen molar-refractivity contribution < 1.29 is 9.21 Å². The molecule has 0 radical (unpaired) electrons. The highest BCUT2D eigenvalue weighted by Gasteiger charge is 2.32. The molecule has 1 saturated heterocycles. The number of hydrogen-bond donors (Lipinski definition) is 0. The predicted molar refractivity (Wildman–Crippen MR) is 113 cm³/mol. The third kappa shape index (κ3) is 2.81. The second-order valence-corrected chi connectivity index (χ2v) is 8.65. The molecule has 0 bridgehead atoms. The van der Waals surface area contributed by atoms with E-state index in [0.717, 1.165) is 52.0 Å². The Morgan fingerprint density at radius 3 is 2.96 bits per heavy atom. The van der Waals surface area contributed by atoms with E-state index in [2.05, 4.69) is 32.0 Å². The number of carbonyl (C=O) groups is 1. The van der Waals surface area contributed by atoms with Crippen molar-refractivity contribution in [2.24, 2.45) is 0 Å². The molecule has 0 N–H and O–H groups in total. The zero-order chi connectivity index (χ0) is 19.3. The fourth-order valence-corrected chi connectivity index (χ4v) is 5.26. The topological polar surface area (TPSA) is 46.3 Å². The van der Waals surface area contributed by atoms with Crippen LogP contribution < -0.4 is 0 Å². The van der Waals surface area contributed by atoms with E-state index in [1.54, 1.807) is 17.6 Å². The van der Waals surface area contributed by atoms with E-state index < -0.39 is 0 Å². The maximum absolute atomic E-state index is 13.2. The van der Waals surface area contributed by atoms with Crippen molar-refractivity contribution in [2.45, 2.75) is 39.2 Å². The molecule has 4 nitrogen and oxygen atoms in total. The van der Waals surface area contributed by atoms with E-state index in [1.807, 2.05) is 23.1 Å². The Hall–Kier alpha value is -2.66. The first-order chi connectivity index (χ1) is 13.6. The fraction of sp³-hybridized carbons (Fsp3) is 0.304. The minimum atomic E-state index is 0.0899. The molecule has 0 spiro atoms. The number of benzene rings is 2. The highest BCUT2D eigenvalue weighted by Crippen LogP contribution is 2.37. The highest BCUT2D eigenvalue weighted by molar-refractivity contribution is 7.18. The number of para-hydroxylation sites is 1. The third-order valence-corrected chi connectivity index (χ3v) is 6.99. The van der Waals surface area contributed by atoms with Crippen molar-refractivity contribution in [1.29, 1.82) is 0 Å². The van der Waals surface area contributed by atoms with Gasteiger partial charge in [0, 0.05) is 17.5 Å². The first-order valence-corrected chi connectivity index (χ1v) is 10.5. The van der Waals surface area contributed by atoms with Gasteiger partial charge in [-0.25, -0.2) is 4.98 Å². The van der Waals surface area contributed by atoms with Crippen LogP contribution in [0.3, 0.4) is 0 Å². The predicted octanol–water partition coefficient (Wildman–Crippen LogP) is 5.57. The number of hydrogen-bond acceptors (Lipinski definition) is 4. The number of likely N-dealkylation sites (tertiary alicyclic amines) is 1. The van der Waals surface area contributed by atoms with Crippen molar-refractivity contribution in [2.75, 3.05) is 6.54 Å². The maximum Gasteiger partial charge on any atom is 0.227 e. The molecule has 0 aliphatic carbocycles. The fourth-order valence-electron chi connectivity index (χ4n) is 4.14. The summed E-state index contributed by atoms with van der Waals surface area (Å²) in [4.78, 5) is 20.0. The monoisotopic (exact) mass is 390 g/mol. The lowest BCUT2D eigenvalue weighted by atomic mass is 10.0. The molecular weight excluding hydrogens is 368 g/mol. The Bertz CT molecular complexity index is 1160. The van der Waals surface area contributed by atoms with Gasteiger partial charge < -0.3 is 9.32 Å². The molecule has 2 aromatic carbocycles. The number of aromatic nitrogens is 1. The Morgan fingerprint density at radius 1 is 1.25 bits per heavy atom. The summed E-state index contributed by atoms with van der Waals surface area (Å²) in [5.41, 5.74) is 5.23. The molecule has 0 saturated carbocycles. The summed E-state index contributed by atoms with van der Waals surface area (Å²) in [7, 11) is 0. The zero-order valence-corrected chi connectivity index (χ0v) is 16.9. The van der Waals surface area contributed by atoms with Gasteiger partial charge in [0.15, 0.2) is 0 Å². The van der Waals surface area contributed by atoms with Gasteiger partial charge in [-0.15, -0.1) is 11.3 Å². The molecule has 0 unspecified atom stereocenters. The van der Waals surface area contributed by atoms with E-state index >= 15 is 0 Å². The average molecular weight is 391 g/mol. The third-order valence-electron chi connectivity index (χ3n) is 5.85. The van der Waals surface area contributed by atoms with Crippen molar-refractivity contribution >= 4 is 38.4 Å². The van der Waals surface area contributed by atoms with Crippen LogP contribution in [0.4, 0.5) is 0 Å². The van der Waals surface area contributed by atoms with E-state index in [4.69, 9.17) is 9.40 Å². The number of amides is 1.